The normalized spacial score (nSPS) is 16.5. The Balaban J connectivity index is 2.16. The molecule has 5 heteroatoms. The molecular formula is C15H20Br2O3. The van der Waals surface area contributed by atoms with Crippen LogP contribution in [0.15, 0.2) is 16.6 Å². The van der Waals surface area contributed by atoms with Gasteiger partial charge in [0.25, 0.3) is 0 Å². The van der Waals surface area contributed by atoms with Gasteiger partial charge in [0.05, 0.1) is 6.10 Å². The molecular weight excluding hydrogens is 388 g/mol. The predicted octanol–water partition coefficient (Wildman–Crippen LogP) is 5.07. The average Bonchev–Trinajstić information content (AvgIpc) is 2.80. The molecule has 0 saturated carbocycles. The van der Waals surface area contributed by atoms with Gasteiger partial charge in [-0.1, -0.05) is 45.7 Å². The zero-order valence-corrected chi connectivity index (χ0v) is 15.2. The number of alkyl halides is 1. The van der Waals surface area contributed by atoms with Crippen molar-refractivity contribution in [3.63, 3.8) is 0 Å². The third kappa shape index (κ3) is 3.89. The summed E-state index contributed by atoms with van der Waals surface area (Å²) in [7, 11) is 0. The van der Waals surface area contributed by atoms with E-state index in [1.165, 1.54) is 0 Å². The number of rotatable bonds is 6. The second kappa shape index (κ2) is 7.14. The Labute approximate surface area is 137 Å². The van der Waals surface area contributed by atoms with Crippen LogP contribution in [0.5, 0.6) is 11.5 Å². The van der Waals surface area contributed by atoms with Crippen molar-refractivity contribution in [1.82, 2.24) is 0 Å². The van der Waals surface area contributed by atoms with Crippen molar-refractivity contribution in [3.8, 4) is 11.5 Å². The van der Waals surface area contributed by atoms with Crippen LogP contribution in [0, 0.1) is 5.92 Å². The molecule has 0 saturated heterocycles. The van der Waals surface area contributed by atoms with Crippen LogP contribution in [0.4, 0.5) is 0 Å². The lowest BCUT2D eigenvalue weighted by Crippen LogP contribution is -2.15. The fraction of sp³-hybridized carbons (Fsp3) is 0.600. The summed E-state index contributed by atoms with van der Waals surface area (Å²) in [6, 6.07) is 3.95. The van der Waals surface area contributed by atoms with Crippen LogP contribution in [0.25, 0.3) is 0 Å². The molecule has 1 aromatic rings. The van der Waals surface area contributed by atoms with Crippen LogP contribution in [-0.2, 0) is 4.74 Å². The van der Waals surface area contributed by atoms with Crippen LogP contribution >= 0.6 is 31.9 Å². The number of ether oxygens (including phenoxy) is 3. The SMILES string of the molecule is CC(C)CCO[C@H](c1cc2c(cc1Br)OCO2)[C@@H](C)Br. The third-order valence-electron chi connectivity index (χ3n) is 3.21. The fourth-order valence-corrected chi connectivity index (χ4v) is 3.04. The van der Waals surface area contributed by atoms with Crippen LogP contribution in [0.1, 0.15) is 38.9 Å². The van der Waals surface area contributed by atoms with E-state index in [2.05, 4.69) is 52.6 Å². The maximum Gasteiger partial charge on any atom is 0.231 e. The van der Waals surface area contributed by atoms with Gasteiger partial charge < -0.3 is 14.2 Å². The van der Waals surface area contributed by atoms with Crippen LogP contribution in [-0.4, -0.2) is 18.2 Å². The Morgan fingerprint density at radius 2 is 1.85 bits per heavy atom. The van der Waals surface area contributed by atoms with E-state index in [4.69, 9.17) is 14.2 Å². The van der Waals surface area contributed by atoms with E-state index in [0.29, 0.717) is 5.92 Å². The lowest BCUT2D eigenvalue weighted by Gasteiger charge is -2.23. The zero-order chi connectivity index (χ0) is 14.7. The molecule has 0 amide bonds. The first-order chi connectivity index (χ1) is 9.49. The monoisotopic (exact) mass is 406 g/mol. The maximum absolute atomic E-state index is 6.07. The van der Waals surface area contributed by atoms with Crippen LogP contribution in [0.3, 0.4) is 0 Å². The Bertz CT molecular complexity index is 461. The first kappa shape index (κ1) is 16.1. The molecule has 0 unspecified atom stereocenters. The topological polar surface area (TPSA) is 27.7 Å². The van der Waals surface area contributed by atoms with Gasteiger partial charge >= 0.3 is 0 Å². The molecule has 1 aromatic carbocycles. The molecule has 3 nitrogen and oxygen atoms in total. The van der Waals surface area contributed by atoms with Gasteiger partial charge in [-0.3, -0.25) is 0 Å². The van der Waals surface area contributed by atoms with E-state index in [9.17, 15) is 0 Å². The molecule has 2 atom stereocenters. The third-order valence-corrected chi connectivity index (χ3v) is 4.38. The molecule has 1 aliphatic rings. The second-order valence-corrected chi connectivity index (χ2v) is 7.68. The van der Waals surface area contributed by atoms with E-state index in [1.807, 2.05) is 12.1 Å². The van der Waals surface area contributed by atoms with Crippen molar-refractivity contribution in [1.29, 1.82) is 0 Å². The molecule has 1 aliphatic heterocycles. The number of benzene rings is 1. The zero-order valence-electron chi connectivity index (χ0n) is 12.0. The molecule has 0 aliphatic carbocycles. The van der Waals surface area contributed by atoms with Gasteiger partial charge in [0, 0.05) is 21.5 Å². The van der Waals surface area contributed by atoms with Crippen LogP contribution in [0.2, 0.25) is 0 Å². The number of hydrogen-bond donors (Lipinski definition) is 0. The highest BCUT2D eigenvalue weighted by molar-refractivity contribution is 9.10. The van der Waals surface area contributed by atoms with Gasteiger partial charge in [0.2, 0.25) is 6.79 Å². The minimum Gasteiger partial charge on any atom is -0.454 e. The summed E-state index contributed by atoms with van der Waals surface area (Å²) in [6.45, 7) is 7.53. The molecule has 0 spiro atoms. The first-order valence-corrected chi connectivity index (χ1v) is 8.54. The molecule has 112 valence electrons. The summed E-state index contributed by atoms with van der Waals surface area (Å²) in [5.41, 5.74) is 1.09. The van der Waals surface area contributed by atoms with E-state index < -0.39 is 0 Å². The summed E-state index contributed by atoms with van der Waals surface area (Å²) >= 11 is 7.24. The molecule has 0 fully saturated rings. The Hall–Kier alpha value is -0.260. The summed E-state index contributed by atoms with van der Waals surface area (Å²) in [5, 5.41) is 0. The summed E-state index contributed by atoms with van der Waals surface area (Å²) in [4.78, 5) is 0.214. The van der Waals surface area contributed by atoms with Crippen molar-refractivity contribution in [3.05, 3.63) is 22.2 Å². The molecule has 0 bridgehead atoms. The highest BCUT2D eigenvalue weighted by Crippen LogP contribution is 2.41. The number of hydrogen-bond acceptors (Lipinski definition) is 3. The molecule has 2 rings (SSSR count). The molecule has 0 radical (unpaired) electrons. The standard InChI is InChI=1S/C15H20Br2O3/c1-9(2)4-5-18-15(10(3)16)11-6-13-14(7-12(11)17)20-8-19-13/h6-7,9-10,15H,4-5,8H2,1-3H3/t10-,15+/m1/s1. The molecule has 20 heavy (non-hydrogen) atoms. The van der Waals surface area contributed by atoms with Gasteiger partial charge in [-0.2, -0.15) is 0 Å². The molecule has 1 heterocycles. The highest BCUT2D eigenvalue weighted by Gasteiger charge is 2.24. The molecule has 0 aromatic heterocycles. The smallest absolute Gasteiger partial charge is 0.231 e. The van der Waals surface area contributed by atoms with E-state index in [-0.39, 0.29) is 17.7 Å². The van der Waals surface area contributed by atoms with Crippen molar-refractivity contribution in [2.24, 2.45) is 5.92 Å². The minimum absolute atomic E-state index is 0.0161. The molecule has 0 N–H and O–H groups in total. The average molecular weight is 408 g/mol. The van der Waals surface area contributed by atoms with Gasteiger partial charge in [0.15, 0.2) is 11.5 Å². The first-order valence-electron chi connectivity index (χ1n) is 6.83. The van der Waals surface area contributed by atoms with Gasteiger partial charge in [0.1, 0.15) is 0 Å². The van der Waals surface area contributed by atoms with E-state index >= 15 is 0 Å². The predicted molar refractivity (Wildman–Crippen MR) is 86.8 cm³/mol. The lowest BCUT2D eigenvalue weighted by atomic mass is 10.1. The quantitative estimate of drug-likeness (QED) is 0.616. The largest absolute Gasteiger partial charge is 0.454 e. The summed E-state index contributed by atoms with van der Waals surface area (Å²) < 4.78 is 17.9. The van der Waals surface area contributed by atoms with Crippen molar-refractivity contribution >= 4 is 31.9 Å². The van der Waals surface area contributed by atoms with E-state index in [0.717, 1.165) is 34.6 Å². The number of halogens is 2. The van der Waals surface area contributed by atoms with Crippen molar-refractivity contribution < 1.29 is 14.2 Å². The van der Waals surface area contributed by atoms with Crippen molar-refractivity contribution in [2.45, 2.75) is 38.1 Å². The summed E-state index contributed by atoms with van der Waals surface area (Å²) in [6.07, 6.45) is 1.04. The van der Waals surface area contributed by atoms with Gasteiger partial charge in [-0.15, -0.1) is 0 Å². The summed E-state index contributed by atoms with van der Waals surface area (Å²) in [5.74, 6) is 2.21. The maximum atomic E-state index is 6.07. The Morgan fingerprint density at radius 1 is 1.20 bits per heavy atom. The second-order valence-electron chi connectivity index (χ2n) is 5.38. The van der Waals surface area contributed by atoms with E-state index in [1.54, 1.807) is 0 Å². The van der Waals surface area contributed by atoms with Gasteiger partial charge in [-0.25, -0.2) is 0 Å². The lowest BCUT2D eigenvalue weighted by molar-refractivity contribution is 0.0475. The Kier molecular flexibility index (Phi) is 5.75. The van der Waals surface area contributed by atoms with Crippen LogP contribution < -0.4 is 9.47 Å². The Morgan fingerprint density at radius 3 is 2.45 bits per heavy atom. The number of fused-ring (bicyclic) bond motifs is 1. The van der Waals surface area contributed by atoms with Gasteiger partial charge in [-0.05, 0) is 31.4 Å². The minimum atomic E-state index is -0.0161. The van der Waals surface area contributed by atoms with Crippen molar-refractivity contribution in [2.75, 3.05) is 13.4 Å². The highest BCUT2D eigenvalue weighted by atomic mass is 79.9. The fourth-order valence-electron chi connectivity index (χ4n) is 2.05.